The molecule has 3 heterocycles. The molecule has 2 amide bonds. The molecule has 0 spiro atoms. The van der Waals surface area contributed by atoms with Crippen LogP contribution in [-0.4, -0.2) is 27.9 Å². The minimum atomic E-state index is -0.365. The maximum Gasteiger partial charge on any atom is 0.259 e. The summed E-state index contributed by atoms with van der Waals surface area (Å²) in [6.07, 6.45) is 4.61. The van der Waals surface area contributed by atoms with Crippen molar-refractivity contribution in [2.45, 2.75) is 19.9 Å². The highest BCUT2D eigenvalue weighted by Crippen LogP contribution is 2.38. The van der Waals surface area contributed by atoms with Crippen LogP contribution in [0.2, 0.25) is 0 Å². The number of nitrogens with two attached hydrogens (primary N) is 1. The first-order chi connectivity index (χ1) is 14.6. The number of fused-ring (bicyclic) bond motifs is 2. The van der Waals surface area contributed by atoms with Crippen molar-refractivity contribution in [2.75, 3.05) is 6.54 Å². The van der Waals surface area contributed by atoms with Gasteiger partial charge in [0.25, 0.3) is 11.8 Å². The number of aromatic nitrogens is 2. The van der Waals surface area contributed by atoms with Crippen LogP contribution < -0.4 is 11.1 Å². The topological polar surface area (TPSA) is 92.9 Å². The molecular formula is C24H22N4O2. The molecule has 0 saturated carbocycles. The number of para-hydroxylation sites is 2. The van der Waals surface area contributed by atoms with E-state index in [4.69, 9.17) is 5.73 Å². The molecule has 30 heavy (non-hydrogen) atoms. The standard InChI is InChI=1S/C24H22N4O2/c1-14-6-4-8-16-18(13-28(22(14)16)11-5-10-25)21-20(23(29)27-24(21)30)17-12-26-19-9-3-2-7-15(17)19/h2-4,6-9,12-13,26H,5,10-11,25H2,1H3,(H,27,29,30). The predicted octanol–water partition coefficient (Wildman–Crippen LogP) is 3.35. The summed E-state index contributed by atoms with van der Waals surface area (Å²) in [6.45, 7) is 3.39. The Morgan fingerprint density at radius 1 is 0.933 bits per heavy atom. The van der Waals surface area contributed by atoms with E-state index in [9.17, 15) is 9.59 Å². The highest BCUT2D eigenvalue weighted by atomic mass is 16.2. The van der Waals surface area contributed by atoms with E-state index >= 15 is 0 Å². The normalized spacial score (nSPS) is 14.3. The van der Waals surface area contributed by atoms with Crippen molar-refractivity contribution in [3.8, 4) is 0 Å². The number of aromatic amines is 1. The third-order valence-electron chi connectivity index (χ3n) is 5.76. The Balaban J connectivity index is 1.81. The third-order valence-corrected chi connectivity index (χ3v) is 5.76. The Kier molecular flexibility index (Phi) is 4.29. The summed E-state index contributed by atoms with van der Waals surface area (Å²) in [4.78, 5) is 29.0. The second-order valence-corrected chi connectivity index (χ2v) is 7.63. The Bertz CT molecular complexity index is 1360. The van der Waals surface area contributed by atoms with Crippen molar-refractivity contribution in [3.05, 3.63) is 71.5 Å². The Hall–Kier alpha value is -3.64. The van der Waals surface area contributed by atoms with Crippen LogP contribution in [0.5, 0.6) is 0 Å². The fourth-order valence-corrected chi connectivity index (χ4v) is 4.43. The molecule has 0 saturated heterocycles. The maximum absolute atomic E-state index is 12.9. The number of nitrogens with one attached hydrogen (secondary N) is 2. The molecule has 2 aromatic carbocycles. The molecule has 6 nitrogen and oxygen atoms in total. The van der Waals surface area contributed by atoms with E-state index in [1.165, 1.54) is 0 Å². The average Bonchev–Trinajstić information content (AvgIpc) is 3.40. The van der Waals surface area contributed by atoms with E-state index in [1.807, 2.05) is 42.6 Å². The zero-order valence-electron chi connectivity index (χ0n) is 16.7. The first-order valence-corrected chi connectivity index (χ1v) is 10.1. The zero-order valence-corrected chi connectivity index (χ0v) is 16.7. The van der Waals surface area contributed by atoms with Gasteiger partial charge in [0.15, 0.2) is 0 Å². The van der Waals surface area contributed by atoms with Gasteiger partial charge in [0.05, 0.1) is 16.7 Å². The van der Waals surface area contributed by atoms with Gasteiger partial charge in [-0.1, -0.05) is 36.4 Å². The summed E-state index contributed by atoms with van der Waals surface area (Å²) in [5.74, 6) is -0.727. The molecule has 6 heteroatoms. The monoisotopic (exact) mass is 398 g/mol. The van der Waals surface area contributed by atoms with E-state index in [0.29, 0.717) is 17.7 Å². The average molecular weight is 398 g/mol. The number of imide groups is 1. The first kappa shape index (κ1) is 18.4. The summed E-state index contributed by atoms with van der Waals surface area (Å²) in [6, 6.07) is 13.8. The maximum atomic E-state index is 12.9. The predicted molar refractivity (Wildman–Crippen MR) is 119 cm³/mol. The highest BCUT2D eigenvalue weighted by Gasteiger charge is 2.35. The number of carbonyl (C=O) groups excluding carboxylic acids is 2. The largest absolute Gasteiger partial charge is 0.361 e. The van der Waals surface area contributed by atoms with Crippen molar-refractivity contribution in [1.29, 1.82) is 0 Å². The first-order valence-electron chi connectivity index (χ1n) is 10.1. The Labute approximate surface area is 173 Å². The van der Waals surface area contributed by atoms with Gasteiger partial charge in [-0.15, -0.1) is 0 Å². The van der Waals surface area contributed by atoms with E-state index in [-0.39, 0.29) is 11.8 Å². The van der Waals surface area contributed by atoms with Crippen LogP contribution >= 0.6 is 0 Å². The van der Waals surface area contributed by atoms with Gasteiger partial charge in [0.1, 0.15) is 0 Å². The van der Waals surface area contributed by atoms with Crippen molar-refractivity contribution in [1.82, 2.24) is 14.9 Å². The van der Waals surface area contributed by atoms with Crippen LogP contribution in [0.3, 0.4) is 0 Å². The molecule has 0 radical (unpaired) electrons. The second-order valence-electron chi connectivity index (χ2n) is 7.63. The van der Waals surface area contributed by atoms with Crippen LogP contribution in [0.15, 0.2) is 54.9 Å². The second kappa shape index (κ2) is 7.00. The molecule has 0 fully saturated rings. The van der Waals surface area contributed by atoms with Gasteiger partial charge in [0, 0.05) is 46.4 Å². The number of nitrogens with zero attached hydrogens (tertiary/aromatic N) is 1. The molecular weight excluding hydrogens is 376 g/mol. The number of hydrogen-bond donors (Lipinski definition) is 3. The van der Waals surface area contributed by atoms with Gasteiger partial charge in [0.2, 0.25) is 0 Å². The van der Waals surface area contributed by atoms with Gasteiger partial charge in [-0.05, 0) is 31.5 Å². The van der Waals surface area contributed by atoms with Crippen LogP contribution in [0, 0.1) is 6.92 Å². The number of benzene rings is 2. The minimum absolute atomic E-state index is 0.361. The van der Waals surface area contributed by atoms with Gasteiger partial charge >= 0.3 is 0 Å². The smallest absolute Gasteiger partial charge is 0.259 e. The molecule has 4 aromatic rings. The van der Waals surface area contributed by atoms with Crippen molar-refractivity contribution in [2.24, 2.45) is 5.73 Å². The minimum Gasteiger partial charge on any atom is -0.361 e. The lowest BCUT2D eigenvalue weighted by atomic mass is 9.95. The summed E-state index contributed by atoms with van der Waals surface area (Å²) in [7, 11) is 0. The fraction of sp³-hybridized carbons (Fsp3) is 0.167. The number of rotatable bonds is 5. The van der Waals surface area contributed by atoms with Gasteiger partial charge in [-0.3, -0.25) is 14.9 Å². The van der Waals surface area contributed by atoms with E-state index in [2.05, 4.69) is 27.9 Å². The van der Waals surface area contributed by atoms with Crippen molar-refractivity contribution in [3.63, 3.8) is 0 Å². The number of aryl methyl sites for hydroxylation is 2. The molecule has 5 rings (SSSR count). The van der Waals surface area contributed by atoms with Crippen molar-refractivity contribution < 1.29 is 9.59 Å². The summed E-state index contributed by atoms with van der Waals surface area (Å²) in [5, 5.41) is 4.38. The van der Waals surface area contributed by atoms with Crippen LogP contribution in [-0.2, 0) is 16.1 Å². The van der Waals surface area contributed by atoms with E-state index < -0.39 is 0 Å². The van der Waals surface area contributed by atoms with Crippen LogP contribution in [0.4, 0.5) is 0 Å². The number of amides is 2. The van der Waals surface area contributed by atoms with Gasteiger partial charge in [-0.25, -0.2) is 0 Å². The number of H-pyrrole nitrogens is 1. The summed E-state index contributed by atoms with van der Waals surface area (Å²) in [5.41, 5.74) is 11.2. The van der Waals surface area contributed by atoms with Gasteiger partial charge in [-0.2, -0.15) is 0 Å². The SMILES string of the molecule is Cc1cccc2c(C3=C(c4c[nH]c5ccccc45)C(=O)NC3=O)cn(CCCN)c12. The Morgan fingerprint density at radius 2 is 1.67 bits per heavy atom. The van der Waals surface area contributed by atoms with Gasteiger partial charge < -0.3 is 15.3 Å². The summed E-state index contributed by atoms with van der Waals surface area (Å²) < 4.78 is 2.14. The lowest BCUT2D eigenvalue weighted by Gasteiger charge is -2.06. The molecule has 0 atom stereocenters. The number of hydrogen-bond acceptors (Lipinski definition) is 3. The molecule has 0 unspecified atom stereocenters. The fourth-order valence-electron chi connectivity index (χ4n) is 4.43. The van der Waals surface area contributed by atoms with Crippen LogP contribution in [0.25, 0.3) is 33.0 Å². The lowest BCUT2D eigenvalue weighted by Crippen LogP contribution is -2.22. The molecule has 1 aliphatic heterocycles. The van der Waals surface area contributed by atoms with E-state index in [1.54, 1.807) is 6.20 Å². The molecule has 0 aliphatic carbocycles. The molecule has 1 aliphatic rings. The zero-order chi connectivity index (χ0) is 20.8. The quantitative estimate of drug-likeness (QED) is 0.450. The van der Waals surface area contributed by atoms with Crippen molar-refractivity contribution >= 4 is 44.8 Å². The molecule has 2 aromatic heterocycles. The van der Waals surface area contributed by atoms with Crippen LogP contribution in [0.1, 0.15) is 23.1 Å². The molecule has 4 N–H and O–H groups in total. The highest BCUT2D eigenvalue weighted by molar-refractivity contribution is 6.50. The summed E-state index contributed by atoms with van der Waals surface area (Å²) >= 11 is 0. The number of carbonyl (C=O) groups is 2. The third kappa shape index (κ3) is 2.69. The molecule has 0 bridgehead atoms. The molecule has 150 valence electrons. The van der Waals surface area contributed by atoms with E-state index in [0.717, 1.165) is 51.5 Å². The lowest BCUT2D eigenvalue weighted by molar-refractivity contribution is -0.122. The Morgan fingerprint density at radius 3 is 2.47 bits per heavy atom.